The lowest BCUT2D eigenvalue weighted by atomic mass is 9.89. The Hall–Kier alpha value is -1.29. The Morgan fingerprint density at radius 3 is 3.06 bits per heavy atom. The maximum atomic E-state index is 11.7. The Bertz CT molecular complexity index is 531. The SMILES string of the molecule is O=C1CCCCC1CSc1nc2ccccc2[nH]1. The molecule has 1 aliphatic rings. The number of fused-ring (bicyclic) bond motifs is 1. The molecule has 1 saturated carbocycles. The van der Waals surface area contributed by atoms with E-state index in [1.807, 2.05) is 24.3 Å². The van der Waals surface area contributed by atoms with E-state index in [9.17, 15) is 4.79 Å². The maximum Gasteiger partial charge on any atom is 0.166 e. The molecule has 3 nitrogen and oxygen atoms in total. The number of aromatic amines is 1. The molecule has 1 unspecified atom stereocenters. The van der Waals surface area contributed by atoms with E-state index in [1.165, 1.54) is 6.42 Å². The standard InChI is InChI=1S/C14H16N2OS/c17-13-8-4-1-5-10(13)9-18-14-15-11-6-2-3-7-12(11)16-14/h2-3,6-7,10H,1,4-5,8-9H2,(H,15,16). The first-order valence-corrected chi connectivity index (χ1v) is 7.42. The summed E-state index contributed by atoms with van der Waals surface area (Å²) in [5.41, 5.74) is 2.06. The topological polar surface area (TPSA) is 45.8 Å². The van der Waals surface area contributed by atoms with E-state index in [1.54, 1.807) is 11.8 Å². The van der Waals surface area contributed by atoms with E-state index < -0.39 is 0 Å². The van der Waals surface area contributed by atoms with E-state index in [0.717, 1.165) is 41.2 Å². The second kappa shape index (κ2) is 5.14. The predicted octanol–water partition coefficient (Wildman–Crippen LogP) is 3.41. The quantitative estimate of drug-likeness (QED) is 0.860. The number of imidazole rings is 1. The van der Waals surface area contributed by atoms with Gasteiger partial charge in [0.15, 0.2) is 5.16 Å². The molecule has 0 radical (unpaired) electrons. The van der Waals surface area contributed by atoms with Gasteiger partial charge < -0.3 is 4.98 Å². The number of rotatable bonds is 3. The molecule has 0 spiro atoms. The fraction of sp³-hybridized carbons (Fsp3) is 0.429. The monoisotopic (exact) mass is 260 g/mol. The number of hydrogen-bond acceptors (Lipinski definition) is 3. The summed E-state index contributed by atoms with van der Waals surface area (Å²) in [5, 5.41) is 0.926. The highest BCUT2D eigenvalue weighted by molar-refractivity contribution is 7.99. The van der Waals surface area contributed by atoms with Crippen LogP contribution in [0.25, 0.3) is 11.0 Å². The van der Waals surface area contributed by atoms with Crippen LogP contribution in [0.15, 0.2) is 29.4 Å². The number of carbonyl (C=O) groups excluding carboxylic acids is 1. The first-order valence-electron chi connectivity index (χ1n) is 6.43. The van der Waals surface area contributed by atoms with E-state index in [4.69, 9.17) is 0 Å². The number of aromatic nitrogens is 2. The lowest BCUT2D eigenvalue weighted by Gasteiger charge is -2.19. The Morgan fingerprint density at radius 1 is 1.33 bits per heavy atom. The number of thioether (sulfide) groups is 1. The van der Waals surface area contributed by atoms with Crippen LogP contribution in [0.3, 0.4) is 0 Å². The second-order valence-corrected chi connectivity index (χ2v) is 5.79. The van der Waals surface area contributed by atoms with Gasteiger partial charge in [-0.25, -0.2) is 4.98 Å². The van der Waals surface area contributed by atoms with Crippen LogP contribution in [-0.4, -0.2) is 21.5 Å². The van der Waals surface area contributed by atoms with Gasteiger partial charge in [-0.2, -0.15) is 0 Å². The van der Waals surface area contributed by atoms with Crippen LogP contribution in [0.5, 0.6) is 0 Å². The molecule has 0 aliphatic heterocycles. The summed E-state index contributed by atoms with van der Waals surface area (Å²) in [4.78, 5) is 19.6. The van der Waals surface area contributed by atoms with Crippen LogP contribution in [0.2, 0.25) is 0 Å². The summed E-state index contributed by atoms with van der Waals surface area (Å²) >= 11 is 1.67. The van der Waals surface area contributed by atoms with E-state index in [0.29, 0.717) is 5.78 Å². The van der Waals surface area contributed by atoms with Gasteiger partial charge in [0.2, 0.25) is 0 Å². The van der Waals surface area contributed by atoms with Crippen molar-refractivity contribution < 1.29 is 4.79 Å². The molecule has 1 aromatic heterocycles. The van der Waals surface area contributed by atoms with Crippen molar-refractivity contribution >= 4 is 28.6 Å². The minimum absolute atomic E-state index is 0.233. The third-order valence-corrected chi connectivity index (χ3v) is 4.51. The number of nitrogens with zero attached hydrogens (tertiary/aromatic N) is 1. The first-order chi connectivity index (χ1) is 8.83. The molecule has 1 heterocycles. The third kappa shape index (κ3) is 2.43. The molecule has 0 amide bonds. The molecule has 4 heteroatoms. The van der Waals surface area contributed by atoms with E-state index in [-0.39, 0.29) is 5.92 Å². The van der Waals surface area contributed by atoms with Gasteiger partial charge >= 0.3 is 0 Å². The van der Waals surface area contributed by atoms with Crippen molar-refractivity contribution in [1.82, 2.24) is 9.97 Å². The van der Waals surface area contributed by atoms with Gasteiger partial charge in [0, 0.05) is 18.1 Å². The van der Waals surface area contributed by atoms with Crippen LogP contribution in [0.1, 0.15) is 25.7 Å². The normalized spacial score (nSPS) is 20.4. The van der Waals surface area contributed by atoms with Crippen LogP contribution < -0.4 is 0 Å². The highest BCUT2D eigenvalue weighted by Gasteiger charge is 2.22. The summed E-state index contributed by atoms with van der Waals surface area (Å²) < 4.78 is 0. The zero-order valence-corrected chi connectivity index (χ0v) is 11.0. The fourth-order valence-corrected chi connectivity index (χ4v) is 3.47. The van der Waals surface area contributed by atoms with E-state index >= 15 is 0 Å². The molecule has 0 bridgehead atoms. The Morgan fingerprint density at radius 2 is 2.22 bits per heavy atom. The van der Waals surface area contributed by atoms with Crippen LogP contribution >= 0.6 is 11.8 Å². The molecule has 0 saturated heterocycles. The van der Waals surface area contributed by atoms with Crippen molar-refractivity contribution in [2.75, 3.05) is 5.75 Å². The minimum atomic E-state index is 0.233. The van der Waals surface area contributed by atoms with Crippen molar-refractivity contribution in [3.05, 3.63) is 24.3 Å². The van der Waals surface area contributed by atoms with Crippen molar-refractivity contribution in [3.63, 3.8) is 0 Å². The average Bonchev–Trinajstić information content (AvgIpc) is 2.80. The third-order valence-electron chi connectivity index (χ3n) is 3.47. The molecule has 1 fully saturated rings. The van der Waals surface area contributed by atoms with Crippen LogP contribution in [0.4, 0.5) is 0 Å². The molecule has 18 heavy (non-hydrogen) atoms. The van der Waals surface area contributed by atoms with Gasteiger partial charge in [0.25, 0.3) is 0 Å². The Labute approximate surface area is 110 Å². The Balaban J connectivity index is 1.67. The molecule has 1 atom stereocenters. The van der Waals surface area contributed by atoms with Gasteiger partial charge in [-0.15, -0.1) is 0 Å². The van der Waals surface area contributed by atoms with Crippen LogP contribution in [-0.2, 0) is 4.79 Å². The maximum absolute atomic E-state index is 11.7. The van der Waals surface area contributed by atoms with Gasteiger partial charge in [0.1, 0.15) is 5.78 Å². The van der Waals surface area contributed by atoms with Gasteiger partial charge in [-0.1, -0.05) is 30.3 Å². The first kappa shape index (κ1) is 11.8. The van der Waals surface area contributed by atoms with Crippen LogP contribution in [0, 0.1) is 5.92 Å². The number of H-pyrrole nitrogens is 1. The van der Waals surface area contributed by atoms with Crippen molar-refractivity contribution in [1.29, 1.82) is 0 Å². The number of nitrogens with one attached hydrogen (secondary N) is 1. The summed E-state index contributed by atoms with van der Waals surface area (Å²) in [6, 6.07) is 8.02. The minimum Gasteiger partial charge on any atom is -0.333 e. The number of hydrogen-bond donors (Lipinski definition) is 1. The number of carbonyl (C=O) groups is 1. The lowest BCUT2D eigenvalue weighted by molar-refractivity contribution is -0.123. The molecule has 2 aromatic rings. The smallest absolute Gasteiger partial charge is 0.166 e. The molecule has 1 aromatic carbocycles. The largest absolute Gasteiger partial charge is 0.333 e. The Kier molecular flexibility index (Phi) is 3.37. The zero-order valence-electron chi connectivity index (χ0n) is 10.2. The summed E-state index contributed by atoms with van der Waals surface area (Å²) in [6.07, 6.45) is 4.08. The average molecular weight is 260 g/mol. The van der Waals surface area contributed by atoms with Gasteiger partial charge in [0.05, 0.1) is 11.0 Å². The molecular formula is C14H16N2OS. The number of Topliss-reactive ketones (excluding diaryl/α,β-unsaturated/α-hetero) is 1. The molecule has 1 aliphatic carbocycles. The molecule has 1 N–H and O–H groups in total. The number of ketones is 1. The van der Waals surface area contributed by atoms with Gasteiger partial charge in [-0.3, -0.25) is 4.79 Å². The van der Waals surface area contributed by atoms with Gasteiger partial charge in [-0.05, 0) is 25.0 Å². The zero-order chi connectivity index (χ0) is 12.4. The second-order valence-electron chi connectivity index (χ2n) is 4.78. The fourth-order valence-electron chi connectivity index (χ4n) is 2.41. The highest BCUT2D eigenvalue weighted by Crippen LogP contribution is 2.27. The van der Waals surface area contributed by atoms with Crippen molar-refractivity contribution in [2.24, 2.45) is 5.92 Å². The molecular weight excluding hydrogens is 244 g/mol. The lowest BCUT2D eigenvalue weighted by Crippen LogP contribution is -2.20. The van der Waals surface area contributed by atoms with Crippen molar-refractivity contribution in [3.8, 4) is 0 Å². The molecule has 3 rings (SSSR count). The van der Waals surface area contributed by atoms with Crippen molar-refractivity contribution in [2.45, 2.75) is 30.8 Å². The number of para-hydroxylation sites is 2. The number of benzene rings is 1. The summed E-state index contributed by atoms with van der Waals surface area (Å²) in [7, 11) is 0. The molecule has 94 valence electrons. The van der Waals surface area contributed by atoms with E-state index in [2.05, 4.69) is 9.97 Å². The predicted molar refractivity (Wildman–Crippen MR) is 73.8 cm³/mol. The summed E-state index contributed by atoms with van der Waals surface area (Å²) in [5.74, 6) is 1.53. The highest BCUT2D eigenvalue weighted by atomic mass is 32.2. The summed E-state index contributed by atoms with van der Waals surface area (Å²) in [6.45, 7) is 0.